The standard InChI is InChI=1S/C16H13BrN6/c17-13-8-21-23(11-13)6-5-12-1-3-14(4-2-12)22-16-10-19-15(7-18)9-20-16/h1-4,8-11H,5-6H2,(H,20,22). The van der Waals surface area contributed by atoms with Crippen molar-refractivity contribution in [1.29, 1.82) is 5.26 Å². The van der Waals surface area contributed by atoms with Gasteiger partial charge >= 0.3 is 0 Å². The molecule has 1 N–H and O–H groups in total. The fraction of sp³-hybridized carbons (Fsp3) is 0.125. The highest BCUT2D eigenvalue weighted by Crippen LogP contribution is 2.15. The molecule has 0 spiro atoms. The highest BCUT2D eigenvalue weighted by molar-refractivity contribution is 9.10. The Bertz CT molecular complexity index is 817. The van der Waals surface area contributed by atoms with Crippen molar-refractivity contribution in [2.24, 2.45) is 0 Å². The van der Waals surface area contributed by atoms with E-state index in [1.807, 2.05) is 29.1 Å². The van der Waals surface area contributed by atoms with Gasteiger partial charge in [0.15, 0.2) is 5.69 Å². The summed E-state index contributed by atoms with van der Waals surface area (Å²) in [4.78, 5) is 8.11. The number of nitrogens with one attached hydrogen (secondary N) is 1. The highest BCUT2D eigenvalue weighted by atomic mass is 79.9. The first-order valence-corrected chi connectivity index (χ1v) is 7.78. The van der Waals surface area contributed by atoms with Crippen LogP contribution in [0.25, 0.3) is 0 Å². The molecule has 0 fully saturated rings. The Morgan fingerprint density at radius 3 is 2.57 bits per heavy atom. The smallest absolute Gasteiger partial charge is 0.158 e. The van der Waals surface area contributed by atoms with E-state index in [4.69, 9.17) is 5.26 Å². The monoisotopic (exact) mass is 368 g/mol. The topological polar surface area (TPSA) is 79.4 Å². The molecule has 0 aliphatic rings. The molecule has 0 bridgehead atoms. The van der Waals surface area contributed by atoms with E-state index < -0.39 is 0 Å². The molecule has 114 valence electrons. The van der Waals surface area contributed by atoms with Crippen LogP contribution in [0, 0.1) is 11.3 Å². The van der Waals surface area contributed by atoms with Crippen molar-refractivity contribution in [2.75, 3.05) is 5.32 Å². The zero-order valence-electron chi connectivity index (χ0n) is 12.1. The summed E-state index contributed by atoms with van der Waals surface area (Å²) in [5.41, 5.74) is 2.46. The molecule has 23 heavy (non-hydrogen) atoms. The summed E-state index contributed by atoms with van der Waals surface area (Å²) in [6, 6.07) is 10.1. The highest BCUT2D eigenvalue weighted by Gasteiger charge is 2.00. The minimum atomic E-state index is 0.302. The molecule has 0 aliphatic heterocycles. The molecule has 6 nitrogen and oxygen atoms in total. The number of halogens is 1. The van der Waals surface area contributed by atoms with E-state index in [9.17, 15) is 0 Å². The Balaban J connectivity index is 1.59. The summed E-state index contributed by atoms with van der Waals surface area (Å²) in [6.45, 7) is 0.833. The molecule has 1 aromatic carbocycles. The Morgan fingerprint density at radius 2 is 1.96 bits per heavy atom. The van der Waals surface area contributed by atoms with Gasteiger partial charge in [-0.05, 0) is 40.0 Å². The molecule has 2 heterocycles. The number of hydrogen-bond donors (Lipinski definition) is 1. The lowest BCUT2D eigenvalue weighted by atomic mass is 10.1. The maximum atomic E-state index is 8.70. The van der Waals surface area contributed by atoms with Crippen LogP contribution in [-0.2, 0) is 13.0 Å². The second-order valence-electron chi connectivity index (χ2n) is 4.89. The first-order chi connectivity index (χ1) is 11.2. The van der Waals surface area contributed by atoms with Crippen molar-refractivity contribution >= 4 is 27.4 Å². The number of aromatic nitrogens is 4. The van der Waals surface area contributed by atoms with Crippen LogP contribution in [0.1, 0.15) is 11.3 Å². The lowest BCUT2D eigenvalue weighted by Crippen LogP contribution is -2.01. The molecule has 0 saturated heterocycles. The van der Waals surface area contributed by atoms with E-state index in [1.165, 1.54) is 11.8 Å². The van der Waals surface area contributed by atoms with E-state index in [0.29, 0.717) is 11.5 Å². The number of nitrogens with zero attached hydrogens (tertiary/aromatic N) is 5. The second kappa shape index (κ2) is 7.03. The molecule has 2 aromatic heterocycles. The van der Waals surface area contributed by atoms with Crippen LogP contribution in [0.15, 0.2) is 53.5 Å². The third kappa shape index (κ3) is 4.14. The normalized spacial score (nSPS) is 10.3. The summed E-state index contributed by atoms with van der Waals surface area (Å²) in [7, 11) is 0. The van der Waals surface area contributed by atoms with E-state index in [2.05, 4.69) is 48.4 Å². The van der Waals surface area contributed by atoms with Crippen LogP contribution in [0.3, 0.4) is 0 Å². The van der Waals surface area contributed by atoms with Crippen LogP contribution < -0.4 is 5.32 Å². The van der Waals surface area contributed by atoms with Crippen molar-refractivity contribution in [3.63, 3.8) is 0 Å². The molecule has 0 radical (unpaired) electrons. The predicted molar refractivity (Wildman–Crippen MR) is 90.1 cm³/mol. The number of rotatable bonds is 5. The van der Waals surface area contributed by atoms with E-state index in [0.717, 1.165) is 23.1 Å². The average Bonchev–Trinajstić information content (AvgIpc) is 3.00. The second-order valence-corrected chi connectivity index (χ2v) is 5.81. The van der Waals surface area contributed by atoms with Gasteiger partial charge in [0.2, 0.25) is 0 Å². The number of aryl methyl sites for hydroxylation is 2. The SMILES string of the molecule is N#Cc1cnc(Nc2ccc(CCn3cc(Br)cn3)cc2)cn1. The van der Waals surface area contributed by atoms with E-state index >= 15 is 0 Å². The molecule has 3 rings (SSSR count). The van der Waals surface area contributed by atoms with Crippen LogP contribution in [-0.4, -0.2) is 19.7 Å². The zero-order chi connectivity index (χ0) is 16.1. The molecule has 0 amide bonds. The first kappa shape index (κ1) is 15.2. The summed E-state index contributed by atoms with van der Waals surface area (Å²) in [6.07, 6.45) is 7.64. The Morgan fingerprint density at radius 1 is 1.13 bits per heavy atom. The molecule has 0 aliphatic carbocycles. The number of anilines is 2. The molecule has 3 aromatic rings. The minimum Gasteiger partial charge on any atom is -0.339 e. The van der Waals surface area contributed by atoms with Gasteiger partial charge in [0.1, 0.15) is 11.9 Å². The zero-order valence-corrected chi connectivity index (χ0v) is 13.7. The van der Waals surface area contributed by atoms with E-state index in [1.54, 1.807) is 12.4 Å². The maximum absolute atomic E-state index is 8.70. The largest absolute Gasteiger partial charge is 0.339 e. The molecule has 0 unspecified atom stereocenters. The third-order valence-corrected chi connectivity index (χ3v) is 3.63. The van der Waals surface area contributed by atoms with Crippen molar-refractivity contribution in [3.8, 4) is 6.07 Å². The van der Waals surface area contributed by atoms with Crippen LogP contribution in [0.4, 0.5) is 11.5 Å². The first-order valence-electron chi connectivity index (χ1n) is 6.99. The van der Waals surface area contributed by atoms with Crippen LogP contribution >= 0.6 is 15.9 Å². The molecule has 7 heteroatoms. The lowest BCUT2D eigenvalue weighted by Gasteiger charge is -2.07. The van der Waals surface area contributed by atoms with Gasteiger partial charge in [0.05, 0.1) is 23.1 Å². The van der Waals surface area contributed by atoms with Gasteiger partial charge < -0.3 is 5.32 Å². The van der Waals surface area contributed by atoms with Crippen LogP contribution in [0.5, 0.6) is 0 Å². The summed E-state index contributed by atoms with van der Waals surface area (Å²) >= 11 is 3.39. The van der Waals surface area contributed by atoms with Crippen LogP contribution in [0.2, 0.25) is 0 Å². The third-order valence-electron chi connectivity index (χ3n) is 3.22. The van der Waals surface area contributed by atoms with E-state index in [-0.39, 0.29) is 0 Å². The Labute approximate surface area is 141 Å². The Hall–Kier alpha value is -2.72. The predicted octanol–water partition coefficient (Wildman–Crippen LogP) is 3.29. The van der Waals surface area contributed by atoms with Gasteiger partial charge in [-0.25, -0.2) is 9.97 Å². The summed E-state index contributed by atoms with van der Waals surface area (Å²) in [5.74, 6) is 0.609. The fourth-order valence-corrected chi connectivity index (χ4v) is 2.39. The summed E-state index contributed by atoms with van der Waals surface area (Å²) < 4.78 is 2.89. The number of nitriles is 1. The molecule has 0 atom stereocenters. The molecular weight excluding hydrogens is 356 g/mol. The van der Waals surface area contributed by atoms with Gasteiger partial charge in [-0.1, -0.05) is 12.1 Å². The van der Waals surface area contributed by atoms with Crippen molar-refractivity contribution in [2.45, 2.75) is 13.0 Å². The quantitative estimate of drug-likeness (QED) is 0.747. The molecular formula is C16H13BrN6. The number of hydrogen-bond acceptors (Lipinski definition) is 5. The van der Waals surface area contributed by atoms with Crippen molar-refractivity contribution in [3.05, 3.63) is 64.8 Å². The number of benzene rings is 1. The minimum absolute atomic E-state index is 0.302. The fourth-order valence-electron chi connectivity index (χ4n) is 2.06. The van der Waals surface area contributed by atoms with Gasteiger partial charge in [-0.2, -0.15) is 10.4 Å². The van der Waals surface area contributed by atoms with Crippen molar-refractivity contribution in [1.82, 2.24) is 19.7 Å². The molecule has 0 saturated carbocycles. The lowest BCUT2D eigenvalue weighted by molar-refractivity contribution is 0.614. The van der Waals surface area contributed by atoms with Crippen molar-refractivity contribution < 1.29 is 0 Å². The van der Waals surface area contributed by atoms with Gasteiger partial charge in [0, 0.05) is 18.4 Å². The Kier molecular flexibility index (Phi) is 4.64. The maximum Gasteiger partial charge on any atom is 0.158 e. The van der Waals surface area contributed by atoms with Gasteiger partial charge in [-0.3, -0.25) is 4.68 Å². The van der Waals surface area contributed by atoms with Gasteiger partial charge in [-0.15, -0.1) is 0 Å². The average molecular weight is 369 g/mol. The van der Waals surface area contributed by atoms with Gasteiger partial charge in [0.25, 0.3) is 0 Å². The summed E-state index contributed by atoms with van der Waals surface area (Å²) in [5, 5.41) is 16.1.